The first-order valence-electron chi connectivity index (χ1n) is 6.80. The van der Waals surface area contributed by atoms with Crippen LogP contribution in [0.4, 0.5) is 0 Å². The van der Waals surface area contributed by atoms with Gasteiger partial charge in [-0.3, -0.25) is 4.99 Å². The van der Waals surface area contributed by atoms with Gasteiger partial charge in [-0.2, -0.15) is 0 Å². The van der Waals surface area contributed by atoms with Crippen LogP contribution in [0, 0.1) is 6.92 Å². The molecule has 3 aromatic rings. The Morgan fingerprint density at radius 2 is 1.95 bits per heavy atom. The highest BCUT2D eigenvalue weighted by atomic mass is 14.7. The molecule has 2 heteroatoms. The molecule has 0 saturated carbocycles. The molecule has 94 valence electrons. The zero-order valence-electron chi connectivity index (χ0n) is 11.2. The summed E-state index contributed by atoms with van der Waals surface area (Å²) in [6.07, 6.45) is 1.06. The number of H-pyrrole nitrogens is 1. The number of hydrogen-bond acceptors (Lipinski definition) is 1. The van der Waals surface area contributed by atoms with Crippen LogP contribution in [0.5, 0.6) is 0 Å². The smallest absolute Gasteiger partial charge is 0.0497 e. The number of nitrogens with zero attached hydrogens (tertiary/aromatic N) is 1. The van der Waals surface area contributed by atoms with Gasteiger partial charge in [-0.15, -0.1) is 0 Å². The number of aryl methyl sites for hydroxylation is 1. The largest absolute Gasteiger partial charge is 0.354 e. The lowest BCUT2D eigenvalue weighted by Crippen LogP contribution is -2.11. The Labute approximate surface area is 112 Å². The second-order valence-electron chi connectivity index (χ2n) is 5.34. The highest BCUT2D eigenvalue weighted by Crippen LogP contribution is 2.33. The van der Waals surface area contributed by atoms with Crippen LogP contribution in [0.2, 0.25) is 0 Å². The fraction of sp³-hybridized carbons (Fsp3) is 0.235. The molecule has 2 nitrogen and oxygen atoms in total. The molecule has 19 heavy (non-hydrogen) atoms. The molecule has 0 fully saturated rings. The highest BCUT2D eigenvalue weighted by molar-refractivity contribution is 6.13. The zero-order chi connectivity index (χ0) is 13.0. The van der Waals surface area contributed by atoms with E-state index in [4.69, 9.17) is 0 Å². The normalized spacial score (nSPS) is 14.7. The molecule has 0 aliphatic carbocycles. The van der Waals surface area contributed by atoms with Crippen molar-refractivity contribution < 1.29 is 0 Å². The summed E-state index contributed by atoms with van der Waals surface area (Å²) in [6, 6.07) is 10.8. The number of aromatic nitrogens is 1. The predicted octanol–water partition coefficient (Wildman–Crippen LogP) is 3.99. The van der Waals surface area contributed by atoms with Crippen LogP contribution in [-0.4, -0.2) is 17.2 Å². The van der Waals surface area contributed by atoms with E-state index in [0.29, 0.717) is 0 Å². The van der Waals surface area contributed by atoms with Crippen LogP contribution in [0.25, 0.3) is 21.8 Å². The van der Waals surface area contributed by atoms with Crippen LogP contribution in [0.3, 0.4) is 0 Å². The van der Waals surface area contributed by atoms with Crippen molar-refractivity contribution in [2.75, 3.05) is 6.54 Å². The number of aromatic amines is 1. The quantitative estimate of drug-likeness (QED) is 0.623. The third kappa shape index (κ3) is 1.40. The zero-order valence-corrected chi connectivity index (χ0v) is 11.2. The van der Waals surface area contributed by atoms with Crippen LogP contribution >= 0.6 is 0 Å². The van der Waals surface area contributed by atoms with Gasteiger partial charge in [-0.05, 0) is 49.1 Å². The topological polar surface area (TPSA) is 28.1 Å². The molecule has 0 unspecified atom stereocenters. The minimum Gasteiger partial charge on any atom is -0.354 e. The van der Waals surface area contributed by atoms with Crippen molar-refractivity contribution in [1.82, 2.24) is 4.98 Å². The summed E-state index contributed by atoms with van der Waals surface area (Å²) in [4.78, 5) is 8.16. The summed E-state index contributed by atoms with van der Waals surface area (Å²) >= 11 is 0. The summed E-state index contributed by atoms with van der Waals surface area (Å²) in [6.45, 7) is 5.28. The van der Waals surface area contributed by atoms with E-state index in [0.717, 1.165) is 13.0 Å². The van der Waals surface area contributed by atoms with E-state index >= 15 is 0 Å². The molecule has 1 aliphatic rings. The van der Waals surface area contributed by atoms with Crippen molar-refractivity contribution in [3.05, 3.63) is 47.0 Å². The summed E-state index contributed by atoms with van der Waals surface area (Å²) in [7, 11) is 0. The number of aliphatic imine (C=N–C) groups is 1. The van der Waals surface area contributed by atoms with E-state index in [1.165, 1.54) is 44.2 Å². The van der Waals surface area contributed by atoms with E-state index < -0.39 is 0 Å². The van der Waals surface area contributed by atoms with Crippen LogP contribution < -0.4 is 0 Å². The summed E-state index contributed by atoms with van der Waals surface area (Å²) in [5.41, 5.74) is 7.87. The maximum atomic E-state index is 4.59. The average Bonchev–Trinajstić information content (AvgIpc) is 2.80. The van der Waals surface area contributed by atoms with Gasteiger partial charge in [0.05, 0.1) is 0 Å². The fourth-order valence-electron chi connectivity index (χ4n) is 3.26. The van der Waals surface area contributed by atoms with Gasteiger partial charge < -0.3 is 4.98 Å². The van der Waals surface area contributed by atoms with E-state index in [-0.39, 0.29) is 0 Å². The predicted molar refractivity (Wildman–Crippen MR) is 81.3 cm³/mol. The van der Waals surface area contributed by atoms with Gasteiger partial charge in [-0.1, -0.05) is 18.2 Å². The molecule has 0 saturated heterocycles. The van der Waals surface area contributed by atoms with Gasteiger partial charge in [0, 0.05) is 34.1 Å². The Morgan fingerprint density at radius 1 is 1.11 bits per heavy atom. The van der Waals surface area contributed by atoms with E-state index in [1.807, 2.05) is 0 Å². The molecule has 0 amide bonds. The van der Waals surface area contributed by atoms with Crippen LogP contribution in [0.15, 0.2) is 35.3 Å². The third-order valence-electron chi connectivity index (χ3n) is 4.29. The van der Waals surface area contributed by atoms with Crippen LogP contribution in [0.1, 0.15) is 23.6 Å². The molecular formula is C17H16N2. The Bertz CT molecular complexity index is 837. The molecule has 0 spiro atoms. The second-order valence-corrected chi connectivity index (χ2v) is 5.34. The minimum absolute atomic E-state index is 0.922. The van der Waals surface area contributed by atoms with Crippen molar-refractivity contribution in [3.8, 4) is 0 Å². The molecule has 1 aromatic heterocycles. The first kappa shape index (κ1) is 10.8. The lowest BCUT2D eigenvalue weighted by atomic mass is 9.91. The Balaban J connectivity index is 2.21. The van der Waals surface area contributed by atoms with Crippen molar-refractivity contribution in [3.63, 3.8) is 0 Å². The second kappa shape index (κ2) is 3.70. The van der Waals surface area contributed by atoms with Crippen molar-refractivity contribution >= 4 is 27.5 Å². The highest BCUT2D eigenvalue weighted by Gasteiger charge is 2.17. The minimum atomic E-state index is 0.922. The Kier molecular flexibility index (Phi) is 2.10. The summed E-state index contributed by atoms with van der Waals surface area (Å²) in [5, 5.41) is 2.63. The number of benzene rings is 2. The number of rotatable bonds is 0. The molecule has 0 atom stereocenters. The number of nitrogens with one attached hydrogen (secondary N) is 1. The standard InChI is InChI=1S/C17H16N2/c1-10-12-7-8-18-11(2)14(12)9-15-13-5-3-4-6-16(13)19-17(10)15/h3-6,9,19H,7-8H2,1-2H3. The fourth-order valence-corrected chi connectivity index (χ4v) is 3.26. The molecular weight excluding hydrogens is 232 g/mol. The van der Waals surface area contributed by atoms with E-state index in [2.05, 4.69) is 54.2 Å². The maximum Gasteiger partial charge on any atom is 0.0497 e. The molecule has 1 N–H and O–H groups in total. The number of fused-ring (bicyclic) bond motifs is 4. The van der Waals surface area contributed by atoms with Crippen LogP contribution in [-0.2, 0) is 6.42 Å². The first-order chi connectivity index (χ1) is 9.25. The summed E-state index contributed by atoms with van der Waals surface area (Å²) in [5.74, 6) is 0. The summed E-state index contributed by atoms with van der Waals surface area (Å²) < 4.78 is 0. The molecule has 0 radical (unpaired) electrons. The lowest BCUT2D eigenvalue weighted by molar-refractivity contribution is 0.934. The molecule has 1 aliphatic heterocycles. The molecule has 0 bridgehead atoms. The Hall–Kier alpha value is -2.09. The molecule has 4 rings (SSSR count). The monoisotopic (exact) mass is 248 g/mol. The molecule has 2 aromatic carbocycles. The van der Waals surface area contributed by atoms with Gasteiger partial charge >= 0.3 is 0 Å². The van der Waals surface area contributed by atoms with Gasteiger partial charge in [0.15, 0.2) is 0 Å². The lowest BCUT2D eigenvalue weighted by Gasteiger charge is -2.17. The first-order valence-corrected chi connectivity index (χ1v) is 6.80. The Morgan fingerprint density at radius 3 is 2.84 bits per heavy atom. The van der Waals surface area contributed by atoms with Gasteiger partial charge in [0.2, 0.25) is 0 Å². The number of para-hydroxylation sites is 1. The van der Waals surface area contributed by atoms with Gasteiger partial charge in [-0.25, -0.2) is 0 Å². The van der Waals surface area contributed by atoms with E-state index in [9.17, 15) is 0 Å². The average molecular weight is 248 g/mol. The van der Waals surface area contributed by atoms with Gasteiger partial charge in [0.1, 0.15) is 0 Å². The maximum absolute atomic E-state index is 4.59. The van der Waals surface area contributed by atoms with Gasteiger partial charge in [0.25, 0.3) is 0 Å². The van der Waals surface area contributed by atoms with E-state index in [1.54, 1.807) is 0 Å². The van der Waals surface area contributed by atoms with Crippen molar-refractivity contribution in [1.29, 1.82) is 0 Å². The third-order valence-corrected chi connectivity index (χ3v) is 4.29. The molecule has 2 heterocycles. The number of hydrogen-bond donors (Lipinski definition) is 1. The SMILES string of the molecule is CC1=NCCc2c1cc1c([nH]c3ccccc31)c2C. The van der Waals surface area contributed by atoms with Crippen molar-refractivity contribution in [2.45, 2.75) is 20.3 Å². The van der Waals surface area contributed by atoms with Crippen molar-refractivity contribution in [2.24, 2.45) is 4.99 Å².